The Labute approximate surface area is 104 Å². The van der Waals surface area contributed by atoms with Gasteiger partial charge in [-0.25, -0.2) is 0 Å². The lowest BCUT2D eigenvalue weighted by atomic mass is 9.94. The van der Waals surface area contributed by atoms with E-state index in [1.54, 1.807) is 0 Å². The number of rotatable bonds is 2. The van der Waals surface area contributed by atoms with E-state index in [0.29, 0.717) is 6.42 Å². The van der Waals surface area contributed by atoms with Crippen LogP contribution in [-0.4, -0.2) is 11.9 Å². The van der Waals surface area contributed by atoms with Gasteiger partial charge < -0.3 is 4.74 Å². The van der Waals surface area contributed by atoms with Crippen molar-refractivity contribution >= 4 is 22.7 Å². The molecule has 1 aliphatic heterocycles. The van der Waals surface area contributed by atoms with Crippen LogP contribution in [0, 0.1) is 5.92 Å². The van der Waals surface area contributed by atoms with Crippen LogP contribution in [0.3, 0.4) is 0 Å². The van der Waals surface area contributed by atoms with Gasteiger partial charge in [0.1, 0.15) is 0 Å². The molecule has 1 atom stereocenters. The molecule has 90 valence electrons. The summed E-state index contributed by atoms with van der Waals surface area (Å²) in [5.74, 6) is -1.14. The van der Waals surface area contributed by atoms with Gasteiger partial charge in [-0.3, -0.25) is 9.59 Å². The number of esters is 2. The Bertz CT molecular complexity index is 625. The van der Waals surface area contributed by atoms with Crippen LogP contribution in [0.15, 0.2) is 42.5 Å². The molecule has 1 saturated heterocycles. The lowest BCUT2D eigenvalue weighted by Crippen LogP contribution is -2.10. The summed E-state index contributed by atoms with van der Waals surface area (Å²) >= 11 is 0. The normalized spacial score (nSPS) is 19.2. The smallest absolute Gasteiger partial charge is 0.317 e. The number of cyclic esters (lactones) is 2. The maximum Gasteiger partial charge on any atom is 0.317 e. The van der Waals surface area contributed by atoms with Gasteiger partial charge in [0.15, 0.2) is 0 Å². The summed E-state index contributed by atoms with van der Waals surface area (Å²) in [6.07, 6.45) is 0.758. The first-order chi connectivity index (χ1) is 8.74. The average molecular weight is 240 g/mol. The van der Waals surface area contributed by atoms with E-state index in [4.69, 9.17) is 0 Å². The Balaban J connectivity index is 1.95. The van der Waals surface area contributed by atoms with Gasteiger partial charge in [-0.05, 0) is 22.8 Å². The van der Waals surface area contributed by atoms with Crippen molar-refractivity contribution in [3.8, 4) is 0 Å². The van der Waals surface area contributed by atoms with Crippen molar-refractivity contribution in [3.63, 3.8) is 0 Å². The van der Waals surface area contributed by atoms with Gasteiger partial charge in [-0.2, -0.15) is 0 Å². The molecule has 1 unspecified atom stereocenters. The zero-order chi connectivity index (χ0) is 12.5. The van der Waals surface area contributed by atoms with E-state index in [-0.39, 0.29) is 12.3 Å². The quantitative estimate of drug-likeness (QED) is 0.598. The Hall–Kier alpha value is -2.16. The van der Waals surface area contributed by atoms with Crippen molar-refractivity contribution in [1.29, 1.82) is 0 Å². The van der Waals surface area contributed by atoms with Crippen LogP contribution >= 0.6 is 0 Å². The van der Waals surface area contributed by atoms with Gasteiger partial charge in [0, 0.05) is 0 Å². The van der Waals surface area contributed by atoms with Gasteiger partial charge in [0.25, 0.3) is 0 Å². The Morgan fingerprint density at radius 1 is 1.06 bits per heavy atom. The lowest BCUT2D eigenvalue weighted by molar-refractivity contribution is -0.153. The first-order valence-electron chi connectivity index (χ1n) is 5.95. The fourth-order valence-corrected chi connectivity index (χ4v) is 2.41. The van der Waals surface area contributed by atoms with E-state index in [1.165, 1.54) is 0 Å². The molecule has 0 radical (unpaired) electrons. The highest BCUT2D eigenvalue weighted by atomic mass is 16.6. The number of carbonyl (C=O) groups is 2. The number of carbonyl (C=O) groups excluding carboxylic acids is 2. The van der Waals surface area contributed by atoms with Crippen LogP contribution in [0.2, 0.25) is 0 Å². The molecule has 0 aliphatic carbocycles. The molecule has 0 spiro atoms. The maximum atomic E-state index is 11.5. The molecule has 0 bridgehead atoms. The highest BCUT2D eigenvalue weighted by Gasteiger charge is 2.33. The summed E-state index contributed by atoms with van der Waals surface area (Å²) in [5, 5.41) is 2.28. The second-order valence-electron chi connectivity index (χ2n) is 4.54. The third-order valence-corrected chi connectivity index (χ3v) is 3.31. The van der Waals surface area contributed by atoms with Gasteiger partial charge >= 0.3 is 11.9 Å². The van der Waals surface area contributed by atoms with Crippen molar-refractivity contribution < 1.29 is 14.3 Å². The molecule has 0 saturated carbocycles. The number of ether oxygens (including phenoxy) is 1. The number of benzene rings is 2. The second kappa shape index (κ2) is 4.26. The lowest BCUT2D eigenvalue weighted by Gasteiger charge is -2.08. The molecule has 18 heavy (non-hydrogen) atoms. The molecular weight excluding hydrogens is 228 g/mol. The molecule has 0 N–H and O–H groups in total. The number of hydrogen-bond acceptors (Lipinski definition) is 3. The monoisotopic (exact) mass is 240 g/mol. The van der Waals surface area contributed by atoms with Crippen LogP contribution in [0.4, 0.5) is 0 Å². The molecule has 2 aromatic carbocycles. The largest absolute Gasteiger partial charge is 0.393 e. The summed E-state index contributed by atoms with van der Waals surface area (Å²) in [5.41, 5.74) is 1.09. The molecule has 3 nitrogen and oxygen atoms in total. The minimum atomic E-state index is -0.412. The number of fused-ring (bicyclic) bond motifs is 1. The van der Waals surface area contributed by atoms with Gasteiger partial charge in [0.05, 0.1) is 12.3 Å². The zero-order valence-electron chi connectivity index (χ0n) is 9.76. The summed E-state index contributed by atoms with van der Waals surface area (Å²) in [6.45, 7) is 0. The summed E-state index contributed by atoms with van der Waals surface area (Å²) in [6, 6.07) is 14.0. The minimum Gasteiger partial charge on any atom is -0.393 e. The predicted octanol–water partition coefficient (Wildman–Crippen LogP) is 2.47. The molecule has 3 heteroatoms. The molecule has 0 aromatic heterocycles. The second-order valence-corrected chi connectivity index (χ2v) is 4.54. The highest BCUT2D eigenvalue weighted by Crippen LogP contribution is 2.25. The fraction of sp³-hybridized carbons (Fsp3) is 0.200. The zero-order valence-corrected chi connectivity index (χ0v) is 9.76. The third-order valence-electron chi connectivity index (χ3n) is 3.31. The fourth-order valence-electron chi connectivity index (χ4n) is 2.41. The molecule has 3 rings (SSSR count). The van der Waals surface area contributed by atoms with E-state index >= 15 is 0 Å². The molecule has 0 amide bonds. The van der Waals surface area contributed by atoms with E-state index in [0.717, 1.165) is 16.3 Å². The average Bonchev–Trinajstić information content (AvgIpc) is 2.68. The van der Waals surface area contributed by atoms with Crippen molar-refractivity contribution in [1.82, 2.24) is 0 Å². The van der Waals surface area contributed by atoms with Crippen LogP contribution in [-0.2, 0) is 20.7 Å². The SMILES string of the molecule is O=C1CC(Cc2cccc3ccccc23)C(=O)O1. The predicted molar refractivity (Wildman–Crippen MR) is 66.9 cm³/mol. The van der Waals surface area contributed by atoms with Gasteiger partial charge in [-0.15, -0.1) is 0 Å². The van der Waals surface area contributed by atoms with Crippen LogP contribution in [0.25, 0.3) is 10.8 Å². The molecule has 1 aliphatic rings. The van der Waals surface area contributed by atoms with E-state index in [9.17, 15) is 9.59 Å². The first kappa shape index (κ1) is 11.0. The summed E-state index contributed by atoms with van der Waals surface area (Å²) in [4.78, 5) is 22.6. The summed E-state index contributed by atoms with van der Waals surface area (Å²) < 4.78 is 4.58. The standard InChI is InChI=1S/C15H12O3/c16-14-9-12(15(17)18-14)8-11-6-3-5-10-4-1-2-7-13(10)11/h1-7,12H,8-9H2. The first-order valence-corrected chi connectivity index (χ1v) is 5.95. The van der Waals surface area contributed by atoms with Crippen LogP contribution < -0.4 is 0 Å². The van der Waals surface area contributed by atoms with E-state index < -0.39 is 11.9 Å². The Morgan fingerprint density at radius 2 is 1.83 bits per heavy atom. The van der Waals surface area contributed by atoms with Crippen molar-refractivity contribution in [3.05, 3.63) is 48.0 Å². The molecule has 1 heterocycles. The van der Waals surface area contributed by atoms with Crippen LogP contribution in [0.5, 0.6) is 0 Å². The highest BCUT2D eigenvalue weighted by molar-refractivity contribution is 5.95. The third kappa shape index (κ3) is 1.88. The van der Waals surface area contributed by atoms with Crippen molar-refractivity contribution in [2.45, 2.75) is 12.8 Å². The molecule has 1 fully saturated rings. The minimum absolute atomic E-state index is 0.196. The molecule has 2 aromatic rings. The van der Waals surface area contributed by atoms with E-state index in [1.807, 2.05) is 42.5 Å². The van der Waals surface area contributed by atoms with Crippen molar-refractivity contribution in [2.75, 3.05) is 0 Å². The van der Waals surface area contributed by atoms with Crippen molar-refractivity contribution in [2.24, 2.45) is 5.92 Å². The number of hydrogen-bond donors (Lipinski definition) is 0. The van der Waals surface area contributed by atoms with E-state index in [2.05, 4.69) is 4.74 Å². The van der Waals surface area contributed by atoms with Gasteiger partial charge in [-0.1, -0.05) is 42.5 Å². The molecular formula is C15H12O3. The topological polar surface area (TPSA) is 43.4 Å². The van der Waals surface area contributed by atoms with Crippen LogP contribution in [0.1, 0.15) is 12.0 Å². The Kier molecular flexibility index (Phi) is 2.59. The Morgan fingerprint density at radius 3 is 2.61 bits per heavy atom. The van der Waals surface area contributed by atoms with Gasteiger partial charge in [0.2, 0.25) is 0 Å². The maximum absolute atomic E-state index is 11.5. The summed E-state index contributed by atoms with van der Waals surface area (Å²) in [7, 11) is 0.